The van der Waals surface area contributed by atoms with Crippen LogP contribution in [0.5, 0.6) is 0 Å². The van der Waals surface area contributed by atoms with Gasteiger partial charge in [-0.2, -0.15) is 15.0 Å². The number of aliphatic hydroxyl groups excluding tert-OH is 2. The standard InChI is InChI=1S/C13H23N5O2.ClH/c1-2-3-11-15-12(14-10-4-5-10)17-13(16-11)18(6-8-19)7-9-20;/h10,19-20H,2-9H2,1H3,(H,14,15,16,17);1H. The molecule has 2 rings (SSSR count). The second kappa shape index (κ2) is 8.96. The van der Waals surface area contributed by atoms with Crippen LogP contribution in [-0.2, 0) is 6.42 Å². The first kappa shape index (κ1) is 17.9. The Morgan fingerprint density at radius 2 is 1.81 bits per heavy atom. The molecule has 0 unspecified atom stereocenters. The molecule has 1 fully saturated rings. The van der Waals surface area contributed by atoms with Crippen molar-refractivity contribution in [1.29, 1.82) is 0 Å². The zero-order valence-corrected chi connectivity index (χ0v) is 13.1. The van der Waals surface area contributed by atoms with Crippen molar-refractivity contribution in [1.82, 2.24) is 15.0 Å². The van der Waals surface area contributed by atoms with Gasteiger partial charge >= 0.3 is 0 Å². The maximum atomic E-state index is 9.11. The molecule has 120 valence electrons. The normalized spacial score (nSPS) is 13.7. The molecular formula is C13H24ClN5O2. The van der Waals surface area contributed by atoms with Gasteiger partial charge in [-0.15, -0.1) is 12.4 Å². The Hall–Kier alpha value is -1.18. The summed E-state index contributed by atoms with van der Waals surface area (Å²) < 4.78 is 0. The molecule has 3 N–H and O–H groups in total. The Labute approximate surface area is 131 Å². The predicted molar refractivity (Wildman–Crippen MR) is 84.1 cm³/mol. The Bertz CT molecular complexity index is 425. The van der Waals surface area contributed by atoms with Gasteiger partial charge < -0.3 is 20.4 Å². The summed E-state index contributed by atoms with van der Waals surface area (Å²) in [5.41, 5.74) is 0. The van der Waals surface area contributed by atoms with Gasteiger partial charge in [0.25, 0.3) is 0 Å². The Balaban J connectivity index is 0.00000220. The van der Waals surface area contributed by atoms with Crippen molar-refractivity contribution < 1.29 is 10.2 Å². The van der Waals surface area contributed by atoms with E-state index in [9.17, 15) is 0 Å². The minimum Gasteiger partial charge on any atom is -0.395 e. The summed E-state index contributed by atoms with van der Waals surface area (Å²) in [5.74, 6) is 1.87. The Morgan fingerprint density at radius 1 is 1.14 bits per heavy atom. The van der Waals surface area contributed by atoms with Gasteiger partial charge in [-0.05, 0) is 19.3 Å². The maximum absolute atomic E-state index is 9.11. The topological polar surface area (TPSA) is 94.4 Å². The largest absolute Gasteiger partial charge is 0.395 e. The summed E-state index contributed by atoms with van der Waals surface area (Å²) in [6.45, 7) is 2.88. The number of aryl methyl sites for hydroxylation is 1. The summed E-state index contributed by atoms with van der Waals surface area (Å²) >= 11 is 0. The minimum absolute atomic E-state index is 0. The third-order valence-electron chi connectivity index (χ3n) is 3.08. The lowest BCUT2D eigenvalue weighted by molar-refractivity contribution is 0.280. The van der Waals surface area contributed by atoms with E-state index in [2.05, 4.69) is 27.2 Å². The zero-order chi connectivity index (χ0) is 14.4. The van der Waals surface area contributed by atoms with Crippen LogP contribution in [-0.4, -0.2) is 57.5 Å². The first-order valence-corrected chi connectivity index (χ1v) is 7.25. The molecule has 0 bridgehead atoms. The van der Waals surface area contributed by atoms with E-state index in [1.165, 1.54) is 0 Å². The molecule has 0 aromatic carbocycles. The summed E-state index contributed by atoms with van der Waals surface area (Å²) in [6.07, 6.45) is 4.07. The SMILES string of the molecule is CCCc1nc(NC2CC2)nc(N(CCO)CCO)n1.Cl. The van der Waals surface area contributed by atoms with E-state index in [1.807, 2.05) is 0 Å². The van der Waals surface area contributed by atoms with Gasteiger partial charge in [-0.25, -0.2) is 0 Å². The van der Waals surface area contributed by atoms with Gasteiger partial charge in [-0.3, -0.25) is 0 Å². The summed E-state index contributed by atoms with van der Waals surface area (Å²) in [6, 6.07) is 0.476. The molecule has 0 saturated heterocycles. The van der Waals surface area contributed by atoms with Crippen molar-refractivity contribution in [3.8, 4) is 0 Å². The van der Waals surface area contributed by atoms with E-state index in [4.69, 9.17) is 10.2 Å². The van der Waals surface area contributed by atoms with E-state index in [1.54, 1.807) is 4.90 Å². The third-order valence-corrected chi connectivity index (χ3v) is 3.08. The fourth-order valence-corrected chi connectivity index (χ4v) is 1.91. The lowest BCUT2D eigenvalue weighted by atomic mass is 10.3. The van der Waals surface area contributed by atoms with E-state index >= 15 is 0 Å². The first-order chi connectivity index (χ1) is 9.76. The quantitative estimate of drug-likeness (QED) is 0.614. The average Bonchev–Trinajstić information content (AvgIpc) is 3.22. The Kier molecular flexibility index (Phi) is 7.63. The van der Waals surface area contributed by atoms with Crippen LogP contribution in [0.25, 0.3) is 0 Å². The van der Waals surface area contributed by atoms with Crippen LogP contribution in [0.4, 0.5) is 11.9 Å². The number of halogens is 1. The van der Waals surface area contributed by atoms with Gasteiger partial charge in [0.15, 0.2) is 0 Å². The lowest BCUT2D eigenvalue weighted by Gasteiger charge is -2.21. The molecule has 1 aliphatic rings. The number of hydrogen-bond donors (Lipinski definition) is 3. The van der Waals surface area contributed by atoms with Crippen LogP contribution in [0.2, 0.25) is 0 Å². The Morgan fingerprint density at radius 3 is 2.33 bits per heavy atom. The van der Waals surface area contributed by atoms with E-state index < -0.39 is 0 Å². The van der Waals surface area contributed by atoms with Gasteiger partial charge in [0.05, 0.1) is 13.2 Å². The second-order valence-corrected chi connectivity index (χ2v) is 4.98. The molecule has 7 nitrogen and oxygen atoms in total. The highest BCUT2D eigenvalue weighted by molar-refractivity contribution is 5.85. The van der Waals surface area contributed by atoms with Gasteiger partial charge in [-0.1, -0.05) is 6.92 Å². The number of aliphatic hydroxyl groups is 2. The fraction of sp³-hybridized carbons (Fsp3) is 0.769. The molecule has 1 heterocycles. The van der Waals surface area contributed by atoms with Crippen LogP contribution in [0.1, 0.15) is 32.0 Å². The van der Waals surface area contributed by atoms with E-state index in [-0.39, 0.29) is 25.6 Å². The molecular weight excluding hydrogens is 294 g/mol. The van der Waals surface area contributed by atoms with Crippen molar-refractivity contribution in [3.05, 3.63) is 5.82 Å². The van der Waals surface area contributed by atoms with Crippen molar-refractivity contribution >= 4 is 24.3 Å². The van der Waals surface area contributed by atoms with Crippen LogP contribution >= 0.6 is 12.4 Å². The molecule has 0 spiro atoms. The monoisotopic (exact) mass is 317 g/mol. The van der Waals surface area contributed by atoms with Crippen LogP contribution in [0.3, 0.4) is 0 Å². The second-order valence-electron chi connectivity index (χ2n) is 4.98. The van der Waals surface area contributed by atoms with Gasteiger partial charge in [0.2, 0.25) is 11.9 Å². The highest BCUT2D eigenvalue weighted by Gasteiger charge is 2.23. The molecule has 1 saturated carbocycles. The molecule has 1 aromatic heterocycles. The smallest absolute Gasteiger partial charge is 0.230 e. The maximum Gasteiger partial charge on any atom is 0.230 e. The van der Waals surface area contributed by atoms with Crippen molar-refractivity contribution in [2.75, 3.05) is 36.5 Å². The predicted octanol–water partition coefficient (Wildman–Crippen LogP) is 0.611. The fourth-order valence-electron chi connectivity index (χ4n) is 1.91. The van der Waals surface area contributed by atoms with E-state index in [0.717, 1.165) is 31.5 Å². The first-order valence-electron chi connectivity index (χ1n) is 7.25. The summed E-state index contributed by atoms with van der Waals surface area (Å²) in [4.78, 5) is 15.0. The zero-order valence-electron chi connectivity index (χ0n) is 12.3. The molecule has 0 amide bonds. The molecule has 0 aliphatic heterocycles. The molecule has 1 aliphatic carbocycles. The molecule has 21 heavy (non-hydrogen) atoms. The number of aromatic nitrogens is 3. The minimum atomic E-state index is 0. The molecule has 0 atom stereocenters. The highest BCUT2D eigenvalue weighted by Crippen LogP contribution is 2.23. The molecule has 8 heteroatoms. The van der Waals surface area contributed by atoms with Crippen LogP contribution < -0.4 is 10.2 Å². The lowest BCUT2D eigenvalue weighted by Crippen LogP contribution is -2.32. The number of hydrogen-bond acceptors (Lipinski definition) is 7. The van der Waals surface area contributed by atoms with Crippen LogP contribution in [0.15, 0.2) is 0 Å². The number of rotatable bonds is 9. The van der Waals surface area contributed by atoms with Crippen molar-refractivity contribution in [3.63, 3.8) is 0 Å². The number of nitrogens with one attached hydrogen (secondary N) is 1. The van der Waals surface area contributed by atoms with Gasteiger partial charge in [0.1, 0.15) is 5.82 Å². The van der Waals surface area contributed by atoms with Crippen molar-refractivity contribution in [2.45, 2.75) is 38.6 Å². The van der Waals surface area contributed by atoms with Crippen molar-refractivity contribution in [2.24, 2.45) is 0 Å². The molecule has 1 aromatic rings. The van der Waals surface area contributed by atoms with Crippen LogP contribution in [0, 0.1) is 0 Å². The highest BCUT2D eigenvalue weighted by atomic mass is 35.5. The third kappa shape index (κ3) is 5.61. The number of anilines is 2. The average molecular weight is 318 g/mol. The summed E-state index contributed by atoms with van der Waals surface area (Å²) in [7, 11) is 0. The summed E-state index contributed by atoms with van der Waals surface area (Å²) in [5, 5.41) is 21.5. The van der Waals surface area contributed by atoms with E-state index in [0.29, 0.717) is 31.0 Å². The van der Waals surface area contributed by atoms with Gasteiger partial charge in [0, 0.05) is 25.6 Å². The molecule has 0 radical (unpaired) electrons. The number of nitrogens with zero attached hydrogens (tertiary/aromatic N) is 4.